The van der Waals surface area contributed by atoms with E-state index in [0.29, 0.717) is 29.4 Å². The first-order chi connectivity index (χ1) is 11.9. The third-order valence-corrected chi connectivity index (χ3v) is 4.46. The number of carbonyl (C=O) groups excluding carboxylic acids is 1. The highest BCUT2D eigenvalue weighted by atomic mass is 35.5. The quantitative estimate of drug-likeness (QED) is 0.704. The van der Waals surface area contributed by atoms with Crippen molar-refractivity contribution in [3.63, 3.8) is 0 Å². The Balaban J connectivity index is 1.91. The normalized spacial score (nSPS) is 13.1. The first kappa shape index (κ1) is 19.0. The van der Waals surface area contributed by atoms with Gasteiger partial charge in [-0.15, -0.1) is 0 Å². The molecule has 4 nitrogen and oxygen atoms in total. The van der Waals surface area contributed by atoms with Crippen molar-refractivity contribution in [2.24, 2.45) is 11.8 Å². The fourth-order valence-corrected chi connectivity index (χ4v) is 2.37. The number of hydrogen-bond donors (Lipinski definition) is 1. The van der Waals surface area contributed by atoms with Crippen LogP contribution in [0.2, 0.25) is 5.02 Å². The minimum absolute atomic E-state index is 0.0155. The van der Waals surface area contributed by atoms with Gasteiger partial charge in [-0.3, -0.25) is 9.59 Å². The van der Waals surface area contributed by atoms with E-state index in [1.54, 1.807) is 43.3 Å². The first-order valence-corrected chi connectivity index (χ1v) is 8.48. The number of carboxylic acids is 1. The van der Waals surface area contributed by atoms with Gasteiger partial charge in [-0.1, -0.05) is 37.6 Å². The van der Waals surface area contributed by atoms with Crippen LogP contribution in [0.3, 0.4) is 0 Å². The van der Waals surface area contributed by atoms with Gasteiger partial charge in [-0.05, 0) is 42.0 Å². The Morgan fingerprint density at radius 3 is 2.20 bits per heavy atom. The molecule has 2 rings (SSSR count). The highest BCUT2D eigenvalue weighted by Crippen LogP contribution is 2.18. The lowest BCUT2D eigenvalue weighted by atomic mass is 9.97. The molecule has 0 heterocycles. The summed E-state index contributed by atoms with van der Waals surface area (Å²) in [6.45, 7) is 3.81. The molecule has 0 radical (unpaired) electrons. The number of carboxylic acid groups (broad SMARTS) is 1. The fraction of sp³-hybridized carbons (Fsp3) is 0.300. The summed E-state index contributed by atoms with van der Waals surface area (Å²) in [5, 5.41) is 9.63. The van der Waals surface area contributed by atoms with Crippen molar-refractivity contribution < 1.29 is 19.4 Å². The molecule has 132 valence electrons. The van der Waals surface area contributed by atoms with Crippen molar-refractivity contribution in [2.45, 2.75) is 20.3 Å². The number of ether oxygens (including phenoxy) is 1. The number of carbonyl (C=O) groups is 2. The zero-order valence-electron chi connectivity index (χ0n) is 14.2. The number of halogens is 1. The Kier molecular flexibility index (Phi) is 6.59. The van der Waals surface area contributed by atoms with E-state index in [1.165, 1.54) is 0 Å². The van der Waals surface area contributed by atoms with Gasteiger partial charge in [0.1, 0.15) is 5.75 Å². The zero-order valence-corrected chi connectivity index (χ0v) is 15.0. The third-order valence-electron chi connectivity index (χ3n) is 4.21. The molecule has 0 saturated carbocycles. The van der Waals surface area contributed by atoms with E-state index in [0.717, 1.165) is 5.56 Å². The van der Waals surface area contributed by atoms with E-state index in [-0.39, 0.29) is 11.7 Å². The van der Waals surface area contributed by atoms with Gasteiger partial charge in [-0.2, -0.15) is 0 Å². The highest BCUT2D eigenvalue weighted by Gasteiger charge is 2.19. The summed E-state index contributed by atoms with van der Waals surface area (Å²) in [4.78, 5) is 23.2. The molecule has 1 unspecified atom stereocenters. The molecule has 0 aromatic heterocycles. The van der Waals surface area contributed by atoms with Crippen LogP contribution in [0.5, 0.6) is 5.75 Å². The van der Waals surface area contributed by atoms with Gasteiger partial charge in [0.2, 0.25) is 0 Å². The van der Waals surface area contributed by atoms with Crippen LogP contribution in [0.15, 0.2) is 48.5 Å². The van der Waals surface area contributed by atoms with Crippen LogP contribution in [0.25, 0.3) is 0 Å². The van der Waals surface area contributed by atoms with E-state index < -0.39 is 11.9 Å². The smallest absolute Gasteiger partial charge is 0.306 e. The van der Waals surface area contributed by atoms with E-state index >= 15 is 0 Å². The average Bonchev–Trinajstić information content (AvgIpc) is 2.61. The summed E-state index contributed by atoms with van der Waals surface area (Å²) in [5.74, 6) is -0.780. The average molecular weight is 361 g/mol. The van der Waals surface area contributed by atoms with E-state index in [1.807, 2.05) is 19.1 Å². The lowest BCUT2D eigenvalue weighted by Gasteiger charge is -2.16. The van der Waals surface area contributed by atoms with Gasteiger partial charge < -0.3 is 9.84 Å². The number of benzene rings is 2. The van der Waals surface area contributed by atoms with Crippen LogP contribution in [0, 0.1) is 11.8 Å². The summed E-state index contributed by atoms with van der Waals surface area (Å²) < 4.78 is 5.62. The molecule has 25 heavy (non-hydrogen) atoms. The molecule has 0 saturated heterocycles. The van der Waals surface area contributed by atoms with Gasteiger partial charge in [0.25, 0.3) is 0 Å². The van der Waals surface area contributed by atoms with Crippen molar-refractivity contribution in [3.8, 4) is 5.75 Å². The maximum Gasteiger partial charge on any atom is 0.306 e. The zero-order chi connectivity index (χ0) is 18.4. The minimum atomic E-state index is -0.834. The van der Waals surface area contributed by atoms with Crippen molar-refractivity contribution in [1.82, 2.24) is 0 Å². The summed E-state index contributed by atoms with van der Waals surface area (Å²) in [6.07, 6.45) is 0.310. The number of Topliss-reactive ketones (excluding diaryl/α,β-unsaturated/α-hetero) is 1. The van der Waals surface area contributed by atoms with Gasteiger partial charge in [0, 0.05) is 22.9 Å². The lowest BCUT2D eigenvalue weighted by Crippen LogP contribution is -2.23. The maximum absolute atomic E-state index is 12.3. The highest BCUT2D eigenvalue weighted by molar-refractivity contribution is 6.30. The predicted molar refractivity (Wildman–Crippen MR) is 97.4 cm³/mol. The molecule has 0 aliphatic carbocycles. The fourth-order valence-electron chi connectivity index (χ4n) is 2.24. The van der Waals surface area contributed by atoms with Gasteiger partial charge in [0.15, 0.2) is 5.78 Å². The predicted octanol–water partition coefficient (Wildman–Crippen LogP) is 4.50. The van der Waals surface area contributed by atoms with Crippen LogP contribution in [-0.4, -0.2) is 23.5 Å². The van der Waals surface area contributed by atoms with E-state index in [2.05, 4.69) is 0 Å². The second-order valence-electron chi connectivity index (χ2n) is 6.17. The third kappa shape index (κ3) is 5.61. The molecular formula is C20H21ClO4. The summed E-state index contributed by atoms with van der Waals surface area (Å²) in [7, 11) is 0. The molecule has 0 aliphatic rings. The number of rotatable bonds is 8. The molecule has 0 spiro atoms. The second kappa shape index (κ2) is 8.67. The van der Waals surface area contributed by atoms with Crippen molar-refractivity contribution in [2.75, 3.05) is 6.61 Å². The first-order valence-electron chi connectivity index (χ1n) is 8.10. The van der Waals surface area contributed by atoms with Crippen molar-refractivity contribution >= 4 is 23.4 Å². The molecule has 0 fully saturated rings. The van der Waals surface area contributed by atoms with E-state index in [4.69, 9.17) is 21.4 Å². The summed E-state index contributed by atoms with van der Waals surface area (Å²) in [6, 6.07) is 14.1. The second-order valence-corrected chi connectivity index (χ2v) is 6.60. The lowest BCUT2D eigenvalue weighted by molar-refractivity contribution is -0.143. The SMILES string of the molecule is CC(C(=O)O)[C@@H](C)COc1ccc(C(=O)Cc2ccc(Cl)cc2)cc1. The van der Waals surface area contributed by atoms with Crippen molar-refractivity contribution in [3.05, 3.63) is 64.7 Å². The number of aliphatic carboxylic acids is 1. The van der Waals surface area contributed by atoms with Crippen LogP contribution >= 0.6 is 11.6 Å². The molecule has 2 aromatic carbocycles. The van der Waals surface area contributed by atoms with Gasteiger partial charge >= 0.3 is 5.97 Å². The van der Waals surface area contributed by atoms with Crippen LogP contribution < -0.4 is 4.74 Å². The Labute approximate surface area is 152 Å². The molecular weight excluding hydrogens is 340 g/mol. The Bertz CT molecular complexity index is 722. The molecule has 2 atom stereocenters. The molecule has 1 N–H and O–H groups in total. The summed E-state index contributed by atoms with van der Waals surface area (Å²) in [5.41, 5.74) is 1.51. The van der Waals surface area contributed by atoms with Gasteiger partial charge in [-0.25, -0.2) is 0 Å². The molecule has 0 amide bonds. The van der Waals surface area contributed by atoms with Gasteiger partial charge in [0.05, 0.1) is 12.5 Å². The minimum Gasteiger partial charge on any atom is -0.493 e. The van der Waals surface area contributed by atoms with E-state index in [9.17, 15) is 9.59 Å². The molecule has 2 aromatic rings. The molecule has 0 bridgehead atoms. The molecule has 0 aliphatic heterocycles. The van der Waals surface area contributed by atoms with Crippen LogP contribution in [-0.2, 0) is 11.2 Å². The topological polar surface area (TPSA) is 63.6 Å². The largest absolute Gasteiger partial charge is 0.493 e. The standard InChI is InChI=1S/C20H21ClO4/c1-13(14(2)20(23)24)12-25-18-9-5-16(6-10-18)19(22)11-15-3-7-17(21)8-4-15/h3-10,13-14H,11-12H2,1-2H3,(H,23,24)/t13-,14?/m0/s1. The maximum atomic E-state index is 12.3. The molecule has 5 heteroatoms. The number of hydrogen-bond acceptors (Lipinski definition) is 3. The number of ketones is 1. The Morgan fingerprint density at radius 2 is 1.64 bits per heavy atom. The Morgan fingerprint density at radius 1 is 1.04 bits per heavy atom. The summed E-state index contributed by atoms with van der Waals surface area (Å²) >= 11 is 5.84. The van der Waals surface area contributed by atoms with Crippen LogP contribution in [0.4, 0.5) is 0 Å². The van der Waals surface area contributed by atoms with Crippen molar-refractivity contribution in [1.29, 1.82) is 0 Å². The van der Waals surface area contributed by atoms with Crippen LogP contribution in [0.1, 0.15) is 29.8 Å². The monoisotopic (exact) mass is 360 g/mol. The Hall–Kier alpha value is -2.33.